The average molecular weight is 394 g/mol. The normalized spacial score (nSPS) is 12.5. The molecule has 0 saturated carbocycles. The number of aromatic nitrogens is 2. The van der Waals surface area contributed by atoms with E-state index in [0.717, 1.165) is 3.97 Å². The van der Waals surface area contributed by atoms with Gasteiger partial charge in [0.2, 0.25) is 0 Å². The van der Waals surface area contributed by atoms with E-state index in [1.165, 1.54) is 19.4 Å². The van der Waals surface area contributed by atoms with Crippen LogP contribution in [0.2, 0.25) is 0 Å². The third-order valence-corrected chi connectivity index (χ3v) is 3.58. The lowest BCUT2D eigenvalue weighted by Crippen LogP contribution is -2.41. The summed E-state index contributed by atoms with van der Waals surface area (Å²) in [5, 5.41) is 4.10. The predicted molar refractivity (Wildman–Crippen MR) is 82.1 cm³/mol. The van der Waals surface area contributed by atoms with Crippen molar-refractivity contribution in [3.05, 3.63) is 53.4 Å². The summed E-state index contributed by atoms with van der Waals surface area (Å²) >= 11 is -0.112. The molecule has 0 fully saturated rings. The van der Waals surface area contributed by atoms with E-state index in [2.05, 4.69) is 10.3 Å². The average Bonchev–Trinajstić information content (AvgIpc) is 3.02. The number of benzene rings is 1. The zero-order valence-corrected chi connectivity index (χ0v) is 13.8. The van der Waals surface area contributed by atoms with Crippen LogP contribution in [0, 0.1) is 5.82 Å². The highest BCUT2D eigenvalue weighted by molar-refractivity contribution is 7.92. The summed E-state index contributed by atoms with van der Waals surface area (Å²) < 4.78 is 64.5. The van der Waals surface area contributed by atoms with Crippen molar-refractivity contribution in [1.82, 2.24) is 19.6 Å². The van der Waals surface area contributed by atoms with Crippen molar-refractivity contribution in [2.45, 2.75) is 19.1 Å². The molecular weight excluding hydrogens is 383 g/mol. The second-order valence-corrected chi connectivity index (χ2v) is 5.63. The maximum absolute atomic E-state index is 13.7. The molecule has 3 amide bonds. The van der Waals surface area contributed by atoms with Gasteiger partial charge in [-0.25, -0.2) is 14.2 Å². The summed E-state index contributed by atoms with van der Waals surface area (Å²) in [6.07, 6.45) is -2.30. The monoisotopic (exact) mass is 394 g/mol. The minimum atomic E-state index is -4.76. The van der Waals surface area contributed by atoms with E-state index in [9.17, 15) is 31.0 Å². The smallest absolute Gasteiger partial charge is 0.330 e. The van der Waals surface area contributed by atoms with Gasteiger partial charge in [0.1, 0.15) is 12.1 Å². The van der Waals surface area contributed by atoms with E-state index in [1.807, 2.05) is 0 Å². The first kappa shape index (κ1) is 19.7. The number of rotatable bonds is 4. The molecule has 26 heavy (non-hydrogen) atoms. The van der Waals surface area contributed by atoms with Gasteiger partial charge in [0.05, 0.1) is 22.9 Å². The molecule has 0 saturated heterocycles. The first-order valence-corrected chi connectivity index (χ1v) is 7.60. The van der Waals surface area contributed by atoms with Crippen LogP contribution in [0.25, 0.3) is 0 Å². The highest BCUT2D eigenvalue weighted by Gasteiger charge is 2.31. The third-order valence-electron chi connectivity index (χ3n) is 3.22. The molecule has 1 aromatic heterocycles. The number of hydrogen-bond donors (Lipinski definition) is 2. The number of hydrogen-bond acceptors (Lipinski definition) is 4. The van der Waals surface area contributed by atoms with E-state index in [-0.39, 0.29) is 18.4 Å². The first-order valence-electron chi connectivity index (χ1n) is 6.93. The van der Waals surface area contributed by atoms with Crippen molar-refractivity contribution in [1.29, 1.82) is 0 Å². The number of imide groups is 1. The molecule has 1 unspecified atom stereocenters. The quantitative estimate of drug-likeness (QED) is 0.777. The fraction of sp³-hybridized carbons (Fsp3) is 0.214. The second kappa shape index (κ2) is 7.72. The Morgan fingerprint density at radius 2 is 2.00 bits per heavy atom. The molecule has 0 spiro atoms. The van der Waals surface area contributed by atoms with Crippen LogP contribution in [0.5, 0.6) is 0 Å². The largest absolute Gasteiger partial charge is 0.416 e. The van der Waals surface area contributed by atoms with Crippen molar-refractivity contribution in [2.75, 3.05) is 0 Å². The Morgan fingerprint density at radius 3 is 2.54 bits per heavy atom. The summed E-state index contributed by atoms with van der Waals surface area (Å²) in [5.41, 5.74) is -1.69. The number of urea groups is 1. The molecule has 0 aliphatic rings. The van der Waals surface area contributed by atoms with Gasteiger partial charge in [-0.15, -0.1) is 3.89 Å². The van der Waals surface area contributed by atoms with E-state index in [1.54, 1.807) is 5.32 Å². The zero-order valence-electron chi connectivity index (χ0n) is 13.0. The topological polar surface area (TPSA) is 76.0 Å². The van der Waals surface area contributed by atoms with Gasteiger partial charge in [0, 0.05) is 6.20 Å². The summed E-state index contributed by atoms with van der Waals surface area (Å²) in [7, 11) is 0. The van der Waals surface area contributed by atoms with E-state index in [4.69, 9.17) is 0 Å². The van der Waals surface area contributed by atoms with E-state index >= 15 is 0 Å². The lowest BCUT2D eigenvalue weighted by molar-refractivity contribution is -0.137. The van der Waals surface area contributed by atoms with Crippen LogP contribution < -0.4 is 10.6 Å². The number of imidazole rings is 1. The van der Waals surface area contributed by atoms with Crippen LogP contribution in [0.15, 0.2) is 30.7 Å². The van der Waals surface area contributed by atoms with Gasteiger partial charge in [0.25, 0.3) is 5.91 Å². The van der Waals surface area contributed by atoms with Crippen molar-refractivity contribution in [3.63, 3.8) is 0 Å². The molecule has 0 radical (unpaired) electrons. The number of carbonyl (C=O) groups excluding carboxylic acids is 2. The summed E-state index contributed by atoms with van der Waals surface area (Å²) in [5.74, 6) is -2.64. The Bertz CT molecular complexity index is 824. The van der Waals surface area contributed by atoms with Crippen LogP contribution in [0.4, 0.5) is 26.2 Å². The van der Waals surface area contributed by atoms with Gasteiger partial charge in [-0.2, -0.15) is 13.2 Å². The maximum atomic E-state index is 13.7. The molecule has 0 bridgehead atoms. The van der Waals surface area contributed by atoms with Crippen molar-refractivity contribution >= 4 is 24.3 Å². The predicted octanol–water partition coefficient (Wildman–Crippen LogP) is 3.62. The number of halogens is 5. The Balaban J connectivity index is 2.01. The Hall–Kier alpha value is -2.63. The maximum Gasteiger partial charge on any atom is 0.416 e. The molecule has 2 N–H and O–H groups in total. The SMILES string of the molecule is CC(NC(=O)NC(=O)c1ccc(C(F)(F)F)cc1F)c1cn(SF)cn1. The van der Waals surface area contributed by atoms with Gasteiger partial charge >= 0.3 is 12.2 Å². The van der Waals surface area contributed by atoms with Gasteiger partial charge in [-0.05, 0) is 25.1 Å². The first-order chi connectivity index (χ1) is 12.1. The molecule has 12 heteroatoms. The van der Waals surface area contributed by atoms with Crippen LogP contribution in [-0.4, -0.2) is 20.9 Å². The fourth-order valence-electron chi connectivity index (χ4n) is 1.93. The summed E-state index contributed by atoms with van der Waals surface area (Å²) in [4.78, 5) is 27.4. The number of nitrogens with one attached hydrogen (secondary N) is 2. The second-order valence-electron chi connectivity index (χ2n) is 5.07. The van der Waals surface area contributed by atoms with Crippen LogP contribution in [0.3, 0.4) is 0 Å². The Kier molecular flexibility index (Phi) is 5.85. The van der Waals surface area contributed by atoms with Crippen molar-refractivity contribution in [2.24, 2.45) is 0 Å². The molecule has 1 atom stereocenters. The lowest BCUT2D eigenvalue weighted by Gasteiger charge is -2.13. The van der Waals surface area contributed by atoms with Crippen LogP contribution in [0.1, 0.15) is 34.6 Å². The van der Waals surface area contributed by atoms with E-state index in [0.29, 0.717) is 17.8 Å². The van der Waals surface area contributed by atoms with Crippen molar-refractivity contribution in [3.8, 4) is 0 Å². The molecule has 0 aliphatic carbocycles. The molecule has 1 aromatic carbocycles. The van der Waals surface area contributed by atoms with Gasteiger partial charge < -0.3 is 5.32 Å². The summed E-state index contributed by atoms with van der Waals surface area (Å²) in [6, 6.07) is -0.418. The number of nitrogens with zero attached hydrogens (tertiary/aromatic N) is 2. The highest BCUT2D eigenvalue weighted by atomic mass is 32.2. The van der Waals surface area contributed by atoms with Crippen LogP contribution >= 0.6 is 12.3 Å². The highest BCUT2D eigenvalue weighted by Crippen LogP contribution is 2.30. The molecule has 0 aliphatic heterocycles. The Labute approximate surface area is 148 Å². The number of carbonyl (C=O) groups is 2. The minimum absolute atomic E-state index is 0.112. The molecule has 2 rings (SSSR count). The van der Waals surface area contributed by atoms with E-state index < -0.39 is 41.1 Å². The third kappa shape index (κ3) is 4.71. The molecular formula is C14H11F5N4O2S. The molecule has 2 aromatic rings. The number of amides is 3. The zero-order chi connectivity index (χ0) is 19.5. The Morgan fingerprint density at radius 1 is 1.31 bits per heavy atom. The van der Waals surface area contributed by atoms with Gasteiger partial charge in [-0.1, -0.05) is 0 Å². The molecule has 140 valence electrons. The minimum Gasteiger partial charge on any atom is -0.330 e. The lowest BCUT2D eigenvalue weighted by atomic mass is 10.1. The standard InChI is InChI=1S/C14H11F5N4O2S/c1-7(11-5-23(26-19)6-20-11)21-13(25)22-12(24)9-3-2-8(4-10(9)15)14(16,17)18/h2-7H,1H3,(H2,21,22,24,25). The molecule has 1 heterocycles. The fourth-order valence-corrected chi connectivity index (χ4v) is 2.17. The van der Waals surface area contributed by atoms with Crippen molar-refractivity contribution < 1.29 is 31.0 Å². The molecule has 6 nitrogen and oxygen atoms in total. The number of alkyl halides is 3. The van der Waals surface area contributed by atoms with Crippen LogP contribution in [-0.2, 0) is 6.18 Å². The van der Waals surface area contributed by atoms with Gasteiger partial charge in [-0.3, -0.25) is 14.1 Å². The van der Waals surface area contributed by atoms with Gasteiger partial charge in [0.15, 0.2) is 12.3 Å². The summed E-state index contributed by atoms with van der Waals surface area (Å²) in [6.45, 7) is 1.50.